The molecule has 1 aromatic heterocycles. The van der Waals surface area contributed by atoms with Crippen molar-refractivity contribution in [2.24, 2.45) is 5.92 Å². The molecular formula is C24H28N4O4S2. The molecule has 8 nitrogen and oxygen atoms in total. The van der Waals surface area contributed by atoms with Crippen LogP contribution in [-0.2, 0) is 9.59 Å². The summed E-state index contributed by atoms with van der Waals surface area (Å²) in [7, 11) is 1.56. The molecule has 10 heteroatoms. The molecule has 3 amide bonds. The van der Waals surface area contributed by atoms with Crippen molar-refractivity contribution in [1.82, 2.24) is 14.8 Å². The van der Waals surface area contributed by atoms with Gasteiger partial charge >= 0.3 is 0 Å². The molecular weight excluding hydrogens is 472 g/mol. The number of benzene rings is 1. The fourth-order valence-corrected chi connectivity index (χ4v) is 5.72. The van der Waals surface area contributed by atoms with E-state index in [9.17, 15) is 14.4 Å². The number of anilines is 1. The average molecular weight is 501 g/mol. The Hall–Kier alpha value is -2.85. The van der Waals surface area contributed by atoms with E-state index in [0.717, 1.165) is 27.5 Å². The van der Waals surface area contributed by atoms with Crippen molar-refractivity contribution < 1.29 is 19.1 Å². The van der Waals surface area contributed by atoms with Crippen LogP contribution >= 0.6 is 23.1 Å². The molecule has 34 heavy (non-hydrogen) atoms. The maximum absolute atomic E-state index is 13.4. The van der Waals surface area contributed by atoms with Crippen molar-refractivity contribution in [1.29, 1.82) is 0 Å². The summed E-state index contributed by atoms with van der Waals surface area (Å²) in [5.41, 5.74) is 1.47. The van der Waals surface area contributed by atoms with Crippen molar-refractivity contribution in [2.75, 3.05) is 38.6 Å². The van der Waals surface area contributed by atoms with Crippen LogP contribution in [0.15, 0.2) is 40.1 Å². The summed E-state index contributed by atoms with van der Waals surface area (Å²) < 4.78 is 6.46. The number of methoxy groups -OCH3 is 1. The number of hydrogen-bond acceptors (Lipinski definition) is 7. The van der Waals surface area contributed by atoms with E-state index in [4.69, 9.17) is 4.74 Å². The maximum atomic E-state index is 13.4. The van der Waals surface area contributed by atoms with Crippen LogP contribution < -0.4 is 10.1 Å². The van der Waals surface area contributed by atoms with E-state index in [-0.39, 0.29) is 23.6 Å². The molecule has 0 unspecified atom stereocenters. The fourth-order valence-electron chi connectivity index (χ4n) is 3.77. The van der Waals surface area contributed by atoms with Gasteiger partial charge in [-0.1, -0.05) is 29.7 Å². The molecule has 1 N–H and O–H groups in total. The van der Waals surface area contributed by atoms with Gasteiger partial charge in [0.2, 0.25) is 11.8 Å². The molecule has 1 aliphatic heterocycles. The lowest BCUT2D eigenvalue weighted by Crippen LogP contribution is -2.36. The monoisotopic (exact) mass is 500 g/mol. The highest BCUT2D eigenvalue weighted by Gasteiger charge is 2.30. The van der Waals surface area contributed by atoms with Gasteiger partial charge in [-0.25, -0.2) is 4.98 Å². The Kier molecular flexibility index (Phi) is 7.57. The second kappa shape index (κ2) is 10.6. The second-order valence-electron chi connectivity index (χ2n) is 8.34. The van der Waals surface area contributed by atoms with Crippen LogP contribution in [0.25, 0.3) is 0 Å². The number of ether oxygens (including phenoxy) is 1. The van der Waals surface area contributed by atoms with E-state index >= 15 is 0 Å². The van der Waals surface area contributed by atoms with Gasteiger partial charge in [-0.05, 0) is 50.0 Å². The number of nitrogens with zero attached hydrogens (tertiary/aromatic N) is 3. The van der Waals surface area contributed by atoms with Gasteiger partial charge in [0.25, 0.3) is 5.91 Å². The topological polar surface area (TPSA) is 91.8 Å². The number of amides is 3. The predicted octanol–water partition coefficient (Wildman–Crippen LogP) is 3.82. The zero-order valence-corrected chi connectivity index (χ0v) is 21.0. The smallest absolute Gasteiger partial charge is 0.257 e. The number of aromatic nitrogens is 1. The summed E-state index contributed by atoms with van der Waals surface area (Å²) in [5.74, 6) is 0.451. The van der Waals surface area contributed by atoms with Gasteiger partial charge in [0.1, 0.15) is 5.75 Å². The molecule has 1 saturated heterocycles. The number of carbonyl (C=O) groups excluding carboxylic acids is 3. The van der Waals surface area contributed by atoms with E-state index in [0.29, 0.717) is 49.0 Å². The molecule has 0 atom stereocenters. The van der Waals surface area contributed by atoms with Crippen molar-refractivity contribution in [2.45, 2.75) is 35.3 Å². The summed E-state index contributed by atoms with van der Waals surface area (Å²) in [6.45, 7) is 7.63. The van der Waals surface area contributed by atoms with Crippen LogP contribution in [0, 0.1) is 12.8 Å². The minimum absolute atomic E-state index is 0.0326. The first kappa shape index (κ1) is 24.3. The third-order valence-corrected chi connectivity index (χ3v) is 8.04. The highest BCUT2D eigenvalue weighted by atomic mass is 32.2. The van der Waals surface area contributed by atoms with Gasteiger partial charge < -0.3 is 19.9 Å². The van der Waals surface area contributed by atoms with Crippen LogP contribution in [-0.4, -0.2) is 65.8 Å². The number of aryl methyl sites for hydroxylation is 1. The third kappa shape index (κ3) is 5.61. The van der Waals surface area contributed by atoms with Gasteiger partial charge in [0.05, 0.1) is 23.1 Å². The number of thiazole rings is 1. The zero-order chi connectivity index (χ0) is 24.2. The van der Waals surface area contributed by atoms with E-state index < -0.39 is 0 Å². The summed E-state index contributed by atoms with van der Waals surface area (Å²) in [4.78, 5) is 46.2. The Balaban J connectivity index is 1.50. The van der Waals surface area contributed by atoms with Gasteiger partial charge in [0.15, 0.2) is 5.13 Å². The van der Waals surface area contributed by atoms with E-state index in [2.05, 4.69) is 16.9 Å². The van der Waals surface area contributed by atoms with Crippen LogP contribution in [0.3, 0.4) is 0 Å². The number of carbonyl (C=O) groups is 3. The summed E-state index contributed by atoms with van der Waals surface area (Å²) >= 11 is 2.93. The molecule has 2 heterocycles. The van der Waals surface area contributed by atoms with E-state index in [1.54, 1.807) is 23.1 Å². The molecule has 0 radical (unpaired) electrons. The van der Waals surface area contributed by atoms with Crippen molar-refractivity contribution in [3.05, 3.63) is 42.1 Å². The molecule has 4 rings (SSSR count). The molecule has 0 spiro atoms. The lowest BCUT2D eigenvalue weighted by atomic mass is 10.1. The van der Waals surface area contributed by atoms with Crippen molar-refractivity contribution in [3.63, 3.8) is 0 Å². The second-order valence-corrected chi connectivity index (χ2v) is 10.7. The Morgan fingerprint density at radius 2 is 1.94 bits per heavy atom. The molecule has 2 aromatic rings. The lowest BCUT2D eigenvalue weighted by Gasteiger charge is -2.23. The first-order valence-electron chi connectivity index (χ1n) is 11.2. The SMILES string of the molecule is C=CC(=O)N1CCCN(C(=O)c2cc(Sc3cnc(NC(=O)C4CC4)s3)c(C)cc2OC)CC1. The molecule has 2 aliphatic rings. The summed E-state index contributed by atoms with van der Waals surface area (Å²) in [6.07, 6.45) is 5.65. The van der Waals surface area contributed by atoms with Gasteiger partial charge in [-0.3, -0.25) is 14.4 Å². The first-order valence-corrected chi connectivity index (χ1v) is 12.9. The largest absolute Gasteiger partial charge is 0.496 e. The van der Waals surface area contributed by atoms with Crippen LogP contribution in [0.2, 0.25) is 0 Å². The predicted molar refractivity (Wildman–Crippen MR) is 133 cm³/mol. The minimum atomic E-state index is -0.117. The summed E-state index contributed by atoms with van der Waals surface area (Å²) in [6, 6.07) is 3.73. The number of rotatable bonds is 7. The molecule has 0 bridgehead atoms. The van der Waals surface area contributed by atoms with Crippen LogP contribution in [0.5, 0.6) is 5.75 Å². The zero-order valence-electron chi connectivity index (χ0n) is 19.3. The number of hydrogen-bond donors (Lipinski definition) is 1. The molecule has 180 valence electrons. The fraction of sp³-hybridized carbons (Fsp3) is 0.417. The quantitative estimate of drug-likeness (QED) is 0.581. The van der Waals surface area contributed by atoms with Crippen molar-refractivity contribution >= 4 is 46.0 Å². The van der Waals surface area contributed by atoms with E-state index in [1.165, 1.54) is 29.2 Å². The highest BCUT2D eigenvalue weighted by Crippen LogP contribution is 2.39. The van der Waals surface area contributed by atoms with Crippen LogP contribution in [0.1, 0.15) is 35.2 Å². The van der Waals surface area contributed by atoms with E-state index in [1.807, 2.05) is 19.1 Å². The minimum Gasteiger partial charge on any atom is -0.496 e. The normalized spacial score (nSPS) is 16.1. The number of nitrogens with one attached hydrogen (secondary N) is 1. The molecule has 1 aliphatic carbocycles. The Morgan fingerprint density at radius 1 is 1.21 bits per heavy atom. The molecule has 2 fully saturated rings. The van der Waals surface area contributed by atoms with Gasteiger partial charge in [0, 0.05) is 37.0 Å². The average Bonchev–Trinajstić information content (AvgIpc) is 3.64. The lowest BCUT2D eigenvalue weighted by molar-refractivity contribution is -0.125. The molecule has 1 saturated carbocycles. The third-order valence-electron chi connectivity index (χ3n) is 5.87. The molecule has 1 aromatic carbocycles. The highest BCUT2D eigenvalue weighted by molar-refractivity contribution is 8.01. The Labute approximate surface area is 207 Å². The Morgan fingerprint density at radius 3 is 2.65 bits per heavy atom. The van der Waals surface area contributed by atoms with Gasteiger partial charge in [-0.15, -0.1) is 0 Å². The van der Waals surface area contributed by atoms with Gasteiger partial charge in [-0.2, -0.15) is 0 Å². The first-order chi connectivity index (χ1) is 16.4. The standard InChI is InChI=1S/C24H28N4O4S2/c1-4-20(29)27-8-5-9-28(11-10-27)23(31)17-13-19(15(2)12-18(17)32-3)33-21-14-25-24(34-21)26-22(30)16-6-7-16/h4,12-14,16H,1,5-11H2,2-3H3,(H,25,26,30). The Bertz CT molecular complexity index is 1110. The summed E-state index contributed by atoms with van der Waals surface area (Å²) in [5, 5.41) is 3.47. The van der Waals surface area contributed by atoms with Crippen LogP contribution in [0.4, 0.5) is 5.13 Å². The van der Waals surface area contributed by atoms with Crippen molar-refractivity contribution in [3.8, 4) is 5.75 Å². The maximum Gasteiger partial charge on any atom is 0.257 e.